The van der Waals surface area contributed by atoms with Crippen LogP contribution in [0.25, 0.3) is 22.4 Å². The molecule has 0 atom stereocenters. The van der Waals surface area contributed by atoms with Gasteiger partial charge in [-0.15, -0.1) is 0 Å². The van der Waals surface area contributed by atoms with Crippen LogP contribution in [0.1, 0.15) is 0 Å². The minimum Gasteiger partial charge on any atom is -0.264 e. The van der Waals surface area contributed by atoms with Gasteiger partial charge in [-0.05, 0) is 24.3 Å². The first-order valence-electron chi connectivity index (χ1n) is 5.03. The van der Waals surface area contributed by atoms with Crippen molar-refractivity contribution in [3.63, 3.8) is 0 Å². The number of hydrogen-bond acceptors (Lipinski definition) is 4. The zero-order valence-corrected chi connectivity index (χ0v) is 9.46. The van der Waals surface area contributed by atoms with Crippen molar-refractivity contribution >= 4 is 22.8 Å². The van der Waals surface area contributed by atoms with Gasteiger partial charge in [0, 0.05) is 24.2 Å². The Balaban J connectivity index is 2.27. The average molecular weight is 243 g/mol. The fourth-order valence-corrected chi connectivity index (χ4v) is 1.79. The predicted molar refractivity (Wildman–Crippen MR) is 65.6 cm³/mol. The number of pyridine rings is 2. The first-order valence-corrected chi connectivity index (χ1v) is 5.41. The van der Waals surface area contributed by atoms with Crippen LogP contribution >= 0.6 is 11.6 Å². The third kappa shape index (κ3) is 1.83. The smallest absolute Gasteiger partial charge is 0.179 e. The lowest BCUT2D eigenvalue weighted by molar-refractivity contribution is 1.22. The van der Waals surface area contributed by atoms with E-state index in [0.717, 1.165) is 11.1 Å². The summed E-state index contributed by atoms with van der Waals surface area (Å²) in [5.74, 6) is 0. The molecule has 4 nitrogen and oxygen atoms in total. The van der Waals surface area contributed by atoms with E-state index in [1.807, 2.05) is 24.3 Å². The highest BCUT2D eigenvalue weighted by atomic mass is 35.5. The molecule has 3 aromatic heterocycles. The Hall–Kier alpha value is -2.07. The summed E-state index contributed by atoms with van der Waals surface area (Å²) in [6, 6.07) is 7.40. The SMILES string of the molecule is Clc1nc2ncccc2nc1-c1cccnc1. The van der Waals surface area contributed by atoms with E-state index in [-0.39, 0.29) is 0 Å². The van der Waals surface area contributed by atoms with E-state index in [1.165, 1.54) is 0 Å². The molecule has 0 aromatic carbocycles. The molecule has 0 spiro atoms. The van der Waals surface area contributed by atoms with Crippen molar-refractivity contribution in [2.75, 3.05) is 0 Å². The van der Waals surface area contributed by atoms with Crippen LogP contribution in [0.3, 0.4) is 0 Å². The number of halogens is 1. The van der Waals surface area contributed by atoms with E-state index in [1.54, 1.807) is 18.6 Å². The summed E-state index contributed by atoms with van der Waals surface area (Å²) in [5.41, 5.74) is 2.73. The summed E-state index contributed by atoms with van der Waals surface area (Å²) >= 11 is 6.10. The van der Waals surface area contributed by atoms with Crippen LogP contribution in [0.2, 0.25) is 5.15 Å². The Morgan fingerprint density at radius 2 is 1.88 bits per heavy atom. The van der Waals surface area contributed by atoms with E-state index in [2.05, 4.69) is 19.9 Å². The molecule has 3 rings (SSSR count). The van der Waals surface area contributed by atoms with Gasteiger partial charge >= 0.3 is 0 Å². The van der Waals surface area contributed by atoms with Crippen molar-refractivity contribution in [3.8, 4) is 11.3 Å². The van der Waals surface area contributed by atoms with E-state index in [4.69, 9.17) is 11.6 Å². The number of nitrogens with zero attached hydrogens (tertiary/aromatic N) is 4. The minimum atomic E-state index is 0.337. The van der Waals surface area contributed by atoms with Crippen LogP contribution in [0, 0.1) is 0 Å². The molecule has 0 saturated heterocycles. The van der Waals surface area contributed by atoms with Gasteiger partial charge in [0.2, 0.25) is 0 Å². The highest BCUT2D eigenvalue weighted by Gasteiger charge is 2.09. The topological polar surface area (TPSA) is 51.6 Å². The summed E-state index contributed by atoms with van der Waals surface area (Å²) in [5, 5.41) is 0.337. The average Bonchev–Trinajstić information content (AvgIpc) is 2.39. The van der Waals surface area contributed by atoms with Gasteiger partial charge in [-0.2, -0.15) is 0 Å². The summed E-state index contributed by atoms with van der Waals surface area (Å²) in [6.07, 6.45) is 5.07. The predicted octanol–water partition coefficient (Wildman–Crippen LogP) is 2.74. The van der Waals surface area contributed by atoms with Crippen LogP contribution in [0.15, 0.2) is 42.9 Å². The molecule has 0 fully saturated rings. The zero-order chi connectivity index (χ0) is 11.7. The van der Waals surface area contributed by atoms with Crippen LogP contribution in [-0.4, -0.2) is 19.9 Å². The first kappa shape index (κ1) is 10.1. The zero-order valence-electron chi connectivity index (χ0n) is 8.71. The number of fused-ring (bicyclic) bond motifs is 1. The highest BCUT2D eigenvalue weighted by molar-refractivity contribution is 6.32. The standard InChI is InChI=1S/C12H7ClN4/c13-11-10(8-3-1-5-14-7-8)16-9-4-2-6-15-12(9)17-11/h1-7H. The Labute approximate surface area is 102 Å². The third-order valence-electron chi connectivity index (χ3n) is 2.33. The Morgan fingerprint density at radius 3 is 2.71 bits per heavy atom. The first-order chi connectivity index (χ1) is 8.34. The molecule has 0 amide bonds. The van der Waals surface area contributed by atoms with Gasteiger partial charge in [0.05, 0.1) is 0 Å². The van der Waals surface area contributed by atoms with Gasteiger partial charge in [0.25, 0.3) is 0 Å². The quantitative estimate of drug-likeness (QED) is 0.658. The molecule has 0 bridgehead atoms. The van der Waals surface area contributed by atoms with E-state index < -0.39 is 0 Å². The van der Waals surface area contributed by atoms with E-state index >= 15 is 0 Å². The molecule has 0 saturated carbocycles. The molecule has 17 heavy (non-hydrogen) atoms. The second-order valence-electron chi connectivity index (χ2n) is 3.45. The fraction of sp³-hybridized carbons (Fsp3) is 0. The van der Waals surface area contributed by atoms with Crippen molar-refractivity contribution in [1.82, 2.24) is 19.9 Å². The molecule has 3 heterocycles. The van der Waals surface area contributed by atoms with Crippen LogP contribution in [0.4, 0.5) is 0 Å². The monoisotopic (exact) mass is 242 g/mol. The Bertz CT molecular complexity index is 670. The lowest BCUT2D eigenvalue weighted by Gasteiger charge is -2.03. The lowest BCUT2D eigenvalue weighted by Crippen LogP contribution is -1.93. The van der Waals surface area contributed by atoms with Crippen molar-refractivity contribution in [3.05, 3.63) is 48.0 Å². The van der Waals surface area contributed by atoms with E-state index in [9.17, 15) is 0 Å². The normalized spacial score (nSPS) is 10.6. The Morgan fingerprint density at radius 1 is 1.00 bits per heavy atom. The van der Waals surface area contributed by atoms with Crippen LogP contribution in [0.5, 0.6) is 0 Å². The maximum absolute atomic E-state index is 6.10. The van der Waals surface area contributed by atoms with Gasteiger partial charge in [-0.25, -0.2) is 15.0 Å². The van der Waals surface area contributed by atoms with Crippen LogP contribution < -0.4 is 0 Å². The molecule has 0 radical (unpaired) electrons. The van der Waals surface area contributed by atoms with Crippen molar-refractivity contribution in [2.45, 2.75) is 0 Å². The lowest BCUT2D eigenvalue weighted by atomic mass is 10.2. The van der Waals surface area contributed by atoms with Crippen molar-refractivity contribution in [2.24, 2.45) is 0 Å². The van der Waals surface area contributed by atoms with Gasteiger partial charge in [0.15, 0.2) is 10.8 Å². The molecule has 0 unspecified atom stereocenters. The maximum atomic E-state index is 6.10. The third-order valence-corrected chi connectivity index (χ3v) is 2.60. The number of rotatable bonds is 1. The highest BCUT2D eigenvalue weighted by Crippen LogP contribution is 2.24. The van der Waals surface area contributed by atoms with Crippen molar-refractivity contribution < 1.29 is 0 Å². The largest absolute Gasteiger partial charge is 0.264 e. The van der Waals surface area contributed by atoms with Crippen LogP contribution in [-0.2, 0) is 0 Å². The number of hydrogen-bond donors (Lipinski definition) is 0. The molecule has 5 heteroatoms. The molecular formula is C12H7ClN4. The van der Waals surface area contributed by atoms with E-state index in [0.29, 0.717) is 16.5 Å². The summed E-state index contributed by atoms with van der Waals surface area (Å²) < 4.78 is 0. The molecule has 3 aromatic rings. The molecule has 0 aliphatic rings. The van der Waals surface area contributed by atoms with Gasteiger partial charge in [0.1, 0.15) is 11.2 Å². The fourth-order valence-electron chi connectivity index (χ4n) is 1.56. The summed E-state index contributed by atoms with van der Waals surface area (Å²) in [4.78, 5) is 16.8. The minimum absolute atomic E-state index is 0.337. The van der Waals surface area contributed by atoms with Gasteiger partial charge in [-0.3, -0.25) is 4.98 Å². The molecule has 0 aliphatic heterocycles. The maximum Gasteiger partial charge on any atom is 0.179 e. The summed E-state index contributed by atoms with van der Waals surface area (Å²) in [6.45, 7) is 0. The second kappa shape index (κ2) is 4.07. The van der Waals surface area contributed by atoms with Crippen molar-refractivity contribution in [1.29, 1.82) is 0 Å². The van der Waals surface area contributed by atoms with Gasteiger partial charge < -0.3 is 0 Å². The Kier molecular flexibility index (Phi) is 2.42. The number of aromatic nitrogens is 4. The molecule has 82 valence electrons. The molecule has 0 aliphatic carbocycles. The second-order valence-corrected chi connectivity index (χ2v) is 3.81. The van der Waals surface area contributed by atoms with Gasteiger partial charge in [-0.1, -0.05) is 11.6 Å². The summed E-state index contributed by atoms with van der Waals surface area (Å²) in [7, 11) is 0. The molecule has 0 N–H and O–H groups in total. The molecular weight excluding hydrogens is 236 g/mol.